The highest BCUT2D eigenvalue weighted by atomic mass is 79.9. The first kappa shape index (κ1) is 11.0. The van der Waals surface area contributed by atoms with E-state index in [0.29, 0.717) is 12.0 Å². The molecule has 0 aromatic heterocycles. The minimum atomic E-state index is -1.14. The van der Waals surface area contributed by atoms with Crippen LogP contribution in [0.2, 0.25) is 0 Å². The first-order valence-corrected chi connectivity index (χ1v) is 5.78. The lowest BCUT2D eigenvalue weighted by molar-refractivity contribution is 0.488. The van der Waals surface area contributed by atoms with Crippen molar-refractivity contribution < 1.29 is 13.2 Å². The minimum absolute atomic E-state index is 0.209. The van der Waals surface area contributed by atoms with Crippen LogP contribution in [0.25, 0.3) is 0 Å². The van der Waals surface area contributed by atoms with Crippen molar-refractivity contribution in [2.24, 2.45) is 5.92 Å². The van der Waals surface area contributed by atoms with E-state index in [1.165, 1.54) is 0 Å². The topological polar surface area (TPSA) is 0 Å². The summed E-state index contributed by atoms with van der Waals surface area (Å²) in [6.07, 6.45) is 3.07. The Morgan fingerprint density at radius 2 is 1.73 bits per heavy atom. The van der Waals surface area contributed by atoms with Gasteiger partial charge in [0.05, 0.1) is 0 Å². The molecule has 0 saturated heterocycles. The van der Waals surface area contributed by atoms with Crippen molar-refractivity contribution in [3.05, 3.63) is 35.1 Å². The maximum atomic E-state index is 13.3. The molecule has 0 bridgehead atoms. The van der Waals surface area contributed by atoms with Crippen molar-refractivity contribution in [3.8, 4) is 0 Å². The molecule has 1 atom stereocenters. The molecule has 2 rings (SSSR count). The molecule has 4 heteroatoms. The van der Waals surface area contributed by atoms with Crippen molar-refractivity contribution in [2.45, 2.75) is 24.1 Å². The third-order valence-electron chi connectivity index (χ3n) is 2.61. The molecule has 1 aliphatic carbocycles. The molecule has 82 valence electrons. The summed E-state index contributed by atoms with van der Waals surface area (Å²) in [4.78, 5) is -0.222. The van der Waals surface area contributed by atoms with Gasteiger partial charge in [0.25, 0.3) is 0 Å². The van der Waals surface area contributed by atoms with E-state index in [9.17, 15) is 13.2 Å². The van der Waals surface area contributed by atoms with Gasteiger partial charge < -0.3 is 0 Å². The van der Waals surface area contributed by atoms with Crippen LogP contribution in [0.4, 0.5) is 13.2 Å². The number of hydrogen-bond donors (Lipinski definition) is 0. The maximum Gasteiger partial charge on any atom is 0.161 e. The van der Waals surface area contributed by atoms with Gasteiger partial charge in [0, 0.05) is 16.5 Å². The molecular weight excluding hydrogens is 269 g/mol. The third kappa shape index (κ3) is 2.54. The molecular formula is C11H10BrF3. The Morgan fingerprint density at radius 3 is 2.33 bits per heavy atom. The van der Waals surface area contributed by atoms with Crippen LogP contribution in [-0.2, 0) is 0 Å². The summed E-state index contributed by atoms with van der Waals surface area (Å²) in [6.45, 7) is 0. The van der Waals surface area contributed by atoms with E-state index in [4.69, 9.17) is 0 Å². The van der Waals surface area contributed by atoms with Gasteiger partial charge in [-0.05, 0) is 18.4 Å². The van der Waals surface area contributed by atoms with Crippen LogP contribution in [0.5, 0.6) is 0 Å². The summed E-state index contributed by atoms with van der Waals surface area (Å²) in [5, 5.41) is 0. The van der Waals surface area contributed by atoms with E-state index in [0.717, 1.165) is 25.3 Å². The highest BCUT2D eigenvalue weighted by Gasteiger charge is 2.26. The fraction of sp³-hybridized carbons (Fsp3) is 0.455. The van der Waals surface area contributed by atoms with Crippen LogP contribution in [0, 0.1) is 23.4 Å². The van der Waals surface area contributed by atoms with Gasteiger partial charge >= 0.3 is 0 Å². The second-order valence-electron chi connectivity index (χ2n) is 3.93. The van der Waals surface area contributed by atoms with Gasteiger partial charge in [0.15, 0.2) is 11.6 Å². The summed E-state index contributed by atoms with van der Waals surface area (Å²) in [5.41, 5.74) is 0.209. The largest absolute Gasteiger partial charge is 0.207 e. The van der Waals surface area contributed by atoms with Crippen molar-refractivity contribution in [1.82, 2.24) is 0 Å². The van der Waals surface area contributed by atoms with Gasteiger partial charge in [-0.2, -0.15) is 0 Å². The van der Waals surface area contributed by atoms with Crippen LogP contribution in [0.1, 0.15) is 29.7 Å². The summed E-state index contributed by atoms with van der Waals surface area (Å²) in [6, 6.07) is 1.54. The molecule has 0 aliphatic heterocycles. The predicted molar refractivity (Wildman–Crippen MR) is 55.3 cm³/mol. The van der Waals surface area contributed by atoms with Crippen molar-refractivity contribution in [2.75, 3.05) is 0 Å². The van der Waals surface area contributed by atoms with Gasteiger partial charge in [-0.1, -0.05) is 28.8 Å². The van der Waals surface area contributed by atoms with Gasteiger partial charge in [-0.15, -0.1) is 0 Å². The fourth-order valence-electron chi connectivity index (χ4n) is 1.55. The lowest BCUT2D eigenvalue weighted by atomic mass is 10.1. The summed E-state index contributed by atoms with van der Waals surface area (Å²) >= 11 is 3.31. The van der Waals surface area contributed by atoms with Crippen LogP contribution in [0.15, 0.2) is 12.1 Å². The average Bonchev–Trinajstić information content (AvgIpc) is 2.95. The Kier molecular flexibility index (Phi) is 3.05. The average molecular weight is 279 g/mol. The standard InChI is InChI=1S/C11H10BrF3/c12-8(3-6-1-2-6)7-4-10(14)11(15)5-9(7)13/h4-6,8H,1-3H2. The van der Waals surface area contributed by atoms with E-state index in [1.54, 1.807) is 0 Å². The molecule has 0 nitrogen and oxygen atoms in total. The molecule has 1 aromatic rings. The maximum absolute atomic E-state index is 13.3. The van der Waals surface area contributed by atoms with E-state index < -0.39 is 17.5 Å². The zero-order valence-electron chi connectivity index (χ0n) is 7.94. The smallest absolute Gasteiger partial charge is 0.161 e. The minimum Gasteiger partial charge on any atom is -0.207 e. The lowest BCUT2D eigenvalue weighted by Crippen LogP contribution is -1.99. The highest BCUT2D eigenvalue weighted by molar-refractivity contribution is 9.09. The monoisotopic (exact) mass is 278 g/mol. The third-order valence-corrected chi connectivity index (χ3v) is 3.48. The van der Waals surface area contributed by atoms with Crippen molar-refractivity contribution >= 4 is 15.9 Å². The Bertz CT molecular complexity index is 374. The van der Waals surface area contributed by atoms with Crippen molar-refractivity contribution in [3.63, 3.8) is 0 Å². The van der Waals surface area contributed by atoms with E-state index in [-0.39, 0.29) is 10.4 Å². The van der Waals surface area contributed by atoms with E-state index >= 15 is 0 Å². The van der Waals surface area contributed by atoms with Crippen LogP contribution in [-0.4, -0.2) is 0 Å². The Balaban J connectivity index is 2.21. The molecule has 0 amide bonds. The zero-order valence-corrected chi connectivity index (χ0v) is 9.53. The van der Waals surface area contributed by atoms with E-state index in [2.05, 4.69) is 15.9 Å². The SMILES string of the molecule is Fc1cc(F)c(C(Br)CC2CC2)cc1F. The summed E-state index contributed by atoms with van der Waals surface area (Å²) < 4.78 is 38.9. The molecule has 1 unspecified atom stereocenters. The van der Waals surface area contributed by atoms with E-state index in [1.807, 2.05) is 0 Å². The number of rotatable bonds is 3. The molecule has 15 heavy (non-hydrogen) atoms. The normalized spacial score (nSPS) is 17.9. The first-order chi connectivity index (χ1) is 7.08. The van der Waals surface area contributed by atoms with Gasteiger partial charge in [0.1, 0.15) is 5.82 Å². The second kappa shape index (κ2) is 4.16. The van der Waals surface area contributed by atoms with Gasteiger partial charge in [-0.3, -0.25) is 0 Å². The number of alkyl halides is 1. The quantitative estimate of drug-likeness (QED) is 0.570. The predicted octanol–water partition coefficient (Wildman–Crippen LogP) is 4.34. The van der Waals surface area contributed by atoms with Crippen molar-refractivity contribution in [1.29, 1.82) is 0 Å². The molecule has 0 radical (unpaired) electrons. The molecule has 1 aromatic carbocycles. The highest BCUT2D eigenvalue weighted by Crippen LogP contribution is 2.42. The summed E-state index contributed by atoms with van der Waals surface area (Å²) in [5.74, 6) is -2.22. The fourth-order valence-corrected chi connectivity index (χ4v) is 2.43. The first-order valence-electron chi connectivity index (χ1n) is 4.86. The van der Waals surface area contributed by atoms with Crippen LogP contribution < -0.4 is 0 Å². The van der Waals surface area contributed by atoms with Crippen LogP contribution in [0.3, 0.4) is 0 Å². The van der Waals surface area contributed by atoms with Gasteiger partial charge in [0.2, 0.25) is 0 Å². The number of benzene rings is 1. The van der Waals surface area contributed by atoms with Crippen LogP contribution >= 0.6 is 15.9 Å². The molecule has 0 N–H and O–H groups in total. The number of halogens is 4. The molecule has 0 spiro atoms. The molecule has 0 heterocycles. The molecule has 1 saturated carbocycles. The molecule has 1 aliphatic rings. The Morgan fingerprint density at radius 1 is 1.13 bits per heavy atom. The zero-order chi connectivity index (χ0) is 11.0. The van der Waals surface area contributed by atoms with Gasteiger partial charge in [-0.25, -0.2) is 13.2 Å². The Labute approximate surface area is 94.6 Å². The number of hydrogen-bond acceptors (Lipinski definition) is 0. The second-order valence-corrected chi connectivity index (χ2v) is 5.04. The molecule has 1 fully saturated rings. The lowest BCUT2D eigenvalue weighted by Gasteiger charge is -2.10. The Hall–Kier alpha value is -0.510. The summed E-state index contributed by atoms with van der Waals surface area (Å²) in [7, 11) is 0.